The summed E-state index contributed by atoms with van der Waals surface area (Å²) in [7, 11) is 1.73. The lowest BCUT2D eigenvalue weighted by Crippen LogP contribution is -2.34. The normalized spacial score (nSPS) is 10.1. The summed E-state index contributed by atoms with van der Waals surface area (Å²) in [4.78, 5) is 26.6. The second-order valence-electron chi connectivity index (χ2n) is 6.55. The van der Waals surface area contributed by atoms with Crippen LogP contribution in [0.2, 0.25) is 0 Å². The van der Waals surface area contributed by atoms with Crippen LogP contribution in [0.5, 0.6) is 0 Å². The zero-order valence-electron chi connectivity index (χ0n) is 16.2. The number of hydrogen-bond donors (Lipinski definition) is 2. The van der Waals surface area contributed by atoms with Gasteiger partial charge in [-0.2, -0.15) is 0 Å². The summed E-state index contributed by atoms with van der Waals surface area (Å²) in [5.74, 6) is -0.437. The maximum atomic E-state index is 12.8. The third-order valence-corrected chi connectivity index (χ3v) is 4.56. The molecule has 0 aromatic heterocycles. The fraction of sp³-hybridized carbons (Fsp3) is 0.0870. The summed E-state index contributed by atoms with van der Waals surface area (Å²) in [5, 5.41) is 5.77. The molecule has 6 heteroatoms. The molecule has 2 N–H and O–H groups in total. The average Bonchev–Trinajstić information content (AvgIpc) is 2.73. The lowest BCUT2D eigenvalue weighted by Gasteiger charge is -2.18. The molecule has 0 unspecified atom stereocenters. The Hall–Kier alpha value is -3.51. The van der Waals surface area contributed by atoms with E-state index in [2.05, 4.69) is 10.6 Å². The molecule has 0 fully saturated rings. The summed E-state index contributed by atoms with van der Waals surface area (Å²) in [6, 6.07) is 23.6. The van der Waals surface area contributed by atoms with Crippen LogP contribution in [0, 0.1) is 6.92 Å². The van der Waals surface area contributed by atoms with E-state index in [4.69, 9.17) is 12.2 Å². The van der Waals surface area contributed by atoms with Gasteiger partial charge in [-0.25, -0.2) is 0 Å². The van der Waals surface area contributed by atoms with Crippen molar-refractivity contribution in [3.05, 3.63) is 95.6 Å². The van der Waals surface area contributed by atoms with Crippen molar-refractivity contribution in [3.8, 4) is 0 Å². The lowest BCUT2D eigenvalue weighted by atomic mass is 10.1. The van der Waals surface area contributed by atoms with E-state index in [0.717, 1.165) is 11.3 Å². The van der Waals surface area contributed by atoms with Crippen molar-refractivity contribution in [2.45, 2.75) is 6.92 Å². The molecule has 0 heterocycles. The SMILES string of the molecule is Cc1ccc(C(=O)NC(=S)Nc2cccc(C(=O)N(C)c3ccccc3)c2)cc1. The Morgan fingerprint density at radius 3 is 2.24 bits per heavy atom. The van der Waals surface area contributed by atoms with Crippen molar-refractivity contribution in [2.24, 2.45) is 0 Å². The van der Waals surface area contributed by atoms with Gasteiger partial charge in [-0.3, -0.25) is 14.9 Å². The number of benzene rings is 3. The van der Waals surface area contributed by atoms with Gasteiger partial charge in [0.1, 0.15) is 0 Å². The van der Waals surface area contributed by atoms with Gasteiger partial charge in [0.15, 0.2) is 5.11 Å². The van der Waals surface area contributed by atoms with Crippen LogP contribution in [0.3, 0.4) is 0 Å². The third-order valence-electron chi connectivity index (χ3n) is 4.36. The Morgan fingerprint density at radius 1 is 0.862 bits per heavy atom. The topological polar surface area (TPSA) is 61.4 Å². The molecule has 0 spiro atoms. The van der Waals surface area contributed by atoms with E-state index < -0.39 is 0 Å². The number of nitrogens with zero attached hydrogens (tertiary/aromatic N) is 1. The first-order chi connectivity index (χ1) is 13.9. The van der Waals surface area contributed by atoms with Gasteiger partial charge in [0.2, 0.25) is 0 Å². The van der Waals surface area contributed by atoms with Crippen molar-refractivity contribution < 1.29 is 9.59 Å². The van der Waals surface area contributed by atoms with E-state index in [1.807, 2.05) is 49.4 Å². The van der Waals surface area contributed by atoms with Crippen molar-refractivity contribution in [3.63, 3.8) is 0 Å². The standard InChI is InChI=1S/C23H21N3O2S/c1-16-11-13-17(14-12-16)21(27)25-23(29)24-19-8-6-7-18(15-19)22(28)26(2)20-9-4-3-5-10-20/h3-15H,1-2H3,(H2,24,25,27,29). The maximum absolute atomic E-state index is 12.8. The lowest BCUT2D eigenvalue weighted by molar-refractivity contribution is 0.0974. The molecule has 3 rings (SSSR count). The zero-order valence-corrected chi connectivity index (χ0v) is 17.0. The number of carbonyl (C=O) groups excluding carboxylic acids is 2. The van der Waals surface area contributed by atoms with E-state index in [0.29, 0.717) is 16.8 Å². The monoisotopic (exact) mass is 403 g/mol. The number of hydrogen-bond acceptors (Lipinski definition) is 3. The minimum Gasteiger partial charge on any atom is -0.332 e. The molecule has 0 bridgehead atoms. The highest BCUT2D eigenvalue weighted by Crippen LogP contribution is 2.17. The van der Waals surface area contributed by atoms with Crippen LogP contribution in [0.4, 0.5) is 11.4 Å². The van der Waals surface area contributed by atoms with Crippen molar-refractivity contribution in [1.29, 1.82) is 0 Å². The number of anilines is 2. The molecule has 0 aliphatic carbocycles. The van der Waals surface area contributed by atoms with E-state index in [1.54, 1.807) is 48.3 Å². The fourth-order valence-electron chi connectivity index (χ4n) is 2.74. The predicted octanol–water partition coefficient (Wildman–Crippen LogP) is 4.40. The molecular weight excluding hydrogens is 382 g/mol. The van der Waals surface area contributed by atoms with Gasteiger partial charge in [-0.05, 0) is 61.6 Å². The summed E-state index contributed by atoms with van der Waals surface area (Å²) in [6.07, 6.45) is 0. The van der Waals surface area contributed by atoms with Crippen LogP contribution in [0.25, 0.3) is 0 Å². The van der Waals surface area contributed by atoms with Crippen LogP contribution in [0.1, 0.15) is 26.3 Å². The number of nitrogens with one attached hydrogen (secondary N) is 2. The van der Waals surface area contributed by atoms with Crippen molar-refractivity contribution in [1.82, 2.24) is 5.32 Å². The van der Waals surface area contributed by atoms with Crippen LogP contribution in [-0.4, -0.2) is 24.0 Å². The van der Waals surface area contributed by atoms with E-state index >= 15 is 0 Å². The molecule has 0 aliphatic heterocycles. The number of aryl methyl sites for hydroxylation is 1. The summed E-state index contributed by atoms with van der Waals surface area (Å²) < 4.78 is 0. The molecule has 146 valence electrons. The Morgan fingerprint density at radius 2 is 1.55 bits per heavy atom. The Kier molecular flexibility index (Phi) is 6.36. The third kappa shape index (κ3) is 5.27. The molecule has 3 aromatic carbocycles. The minimum absolute atomic E-state index is 0.144. The minimum atomic E-state index is -0.293. The van der Waals surface area contributed by atoms with Gasteiger partial charge in [0, 0.05) is 29.5 Å². The molecule has 0 radical (unpaired) electrons. The number of carbonyl (C=O) groups is 2. The summed E-state index contributed by atoms with van der Waals surface area (Å²) in [5.41, 5.74) is 3.52. The Labute approximate surface area is 175 Å². The van der Waals surface area contributed by atoms with Gasteiger partial charge in [0.25, 0.3) is 11.8 Å². The summed E-state index contributed by atoms with van der Waals surface area (Å²) in [6.45, 7) is 1.96. The van der Waals surface area contributed by atoms with Gasteiger partial charge < -0.3 is 10.2 Å². The molecule has 5 nitrogen and oxygen atoms in total. The van der Waals surface area contributed by atoms with Gasteiger partial charge in [-0.15, -0.1) is 0 Å². The van der Waals surface area contributed by atoms with Crippen LogP contribution >= 0.6 is 12.2 Å². The Bertz CT molecular complexity index is 1030. The molecule has 0 atom stereocenters. The smallest absolute Gasteiger partial charge is 0.258 e. The molecule has 3 aromatic rings. The fourth-order valence-corrected chi connectivity index (χ4v) is 2.95. The molecule has 0 saturated carbocycles. The number of para-hydroxylation sites is 1. The van der Waals surface area contributed by atoms with Gasteiger partial charge in [0.05, 0.1) is 0 Å². The first-order valence-electron chi connectivity index (χ1n) is 9.06. The first-order valence-corrected chi connectivity index (χ1v) is 9.47. The predicted molar refractivity (Wildman–Crippen MR) is 120 cm³/mol. The van der Waals surface area contributed by atoms with Crippen LogP contribution < -0.4 is 15.5 Å². The highest BCUT2D eigenvalue weighted by Gasteiger charge is 2.14. The molecule has 0 aliphatic rings. The second kappa shape index (κ2) is 9.12. The van der Waals surface area contributed by atoms with Crippen molar-refractivity contribution >= 4 is 40.5 Å². The van der Waals surface area contributed by atoms with Crippen LogP contribution in [0.15, 0.2) is 78.9 Å². The Balaban J connectivity index is 1.66. The molecular formula is C23H21N3O2S. The molecule has 0 saturated heterocycles. The number of rotatable bonds is 4. The van der Waals surface area contributed by atoms with Crippen molar-refractivity contribution in [2.75, 3.05) is 17.3 Å². The largest absolute Gasteiger partial charge is 0.332 e. The maximum Gasteiger partial charge on any atom is 0.258 e. The van der Waals surface area contributed by atoms with Gasteiger partial charge >= 0.3 is 0 Å². The number of thiocarbonyl (C=S) groups is 1. The van der Waals surface area contributed by atoms with E-state index in [9.17, 15) is 9.59 Å². The first kappa shape index (κ1) is 20.2. The second-order valence-corrected chi connectivity index (χ2v) is 6.96. The zero-order chi connectivity index (χ0) is 20.8. The molecule has 2 amide bonds. The average molecular weight is 404 g/mol. The quantitative estimate of drug-likeness (QED) is 0.634. The molecule has 29 heavy (non-hydrogen) atoms. The van der Waals surface area contributed by atoms with Crippen LogP contribution in [-0.2, 0) is 0 Å². The highest BCUT2D eigenvalue weighted by atomic mass is 32.1. The van der Waals surface area contributed by atoms with E-state index in [1.165, 1.54) is 0 Å². The highest BCUT2D eigenvalue weighted by molar-refractivity contribution is 7.80. The van der Waals surface area contributed by atoms with Gasteiger partial charge in [-0.1, -0.05) is 42.0 Å². The number of amides is 2. The van der Waals surface area contributed by atoms with E-state index in [-0.39, 0.29) is 16.9 Å². The summed E-state index contributed by atoms with van der Waals surface area (Å²) >= 11 is 5.24.